The predicted molar refractivity (Wildman–Crippen MR) is 69.6 cm³/mol. The maximum absolute atomic E-state index is 5.44. The van der Waals surface area contributed by atoms with E-state index in [4.69, 9.17) is 9.47 Å². The van der Waals surface area contributed by atoms with Gasteiger partial charge in [0.15, 0.2) is 5.13 Å². The standard InChI is InChI=1S/C12H14N2O2S/c1-3-16-11-10(15-2)14-12(17-11)13-9-7-5-4-6-8-9/h4-8H,3H2,1-2H3,(H,13,14). The minimum absolute atomic E-state index is 0.523. The van der Waals surface area contributed by atoms with Gasteiger partial charge in [-0.25, -0.2) is 0 Å². The van der Waals surface area contributed by atoms with Crippen molar-refractivity contribution in [3.05, 3.63) is 30.3 Å². The molecule has 17 heavy (non-hydrogen) atoms. The van der Waals surface area contributed by atoms with E-state index in [1.165, 1.54) is 11.3 Å². The average Bonchev–Trinajstić information content (AvgIpc) is 2.73. The van der Waals surface area contributed by atoms with Crippen LogP contribution in [-0.2, 0) is 0 Å². The molecule has 1 aromatic carbocycles. The fourth-order valence-electron chi connectivity index (χ4n) is 1.34. The van der Waals surface area contributed by atoms with Gasteiger partial charge in [-0.1, -0.05) is 29.5 Å². The average molecular weight is 250 g/mol. The van der Waals surface area contributed by atoms with Crippen LogP contribution in [-0.4, -0.2) is 18.7 Å². The summed E-state index contributed by atoms with van der Waals surface area (Å²) in [7, 11) is 1.59. The normalized spacial score (nSPS) is 10.0. The van der Waals surface area contributed by atoms with Crippen molar-refractivity contribution in [3.8, 4) is 10.9 Å². The van der Waals surface area contributed by atoms with Crippen LogP contribution in [0.15, 0.2) is 30.3 Å². The van der Waals surface area contributed by atoms with Gasteiger partial charge in [-0.3, -0.25) is 0 Å². The van der Waals surface area contributed by atoms with Crippen LogP contribution < -0.4 is 14.8 Å². The van der Waals surface area contributed by atoms with Crippen molar-refractivity contribution in [2.75, 3.05) is 19.0 Å². The molecule has 1 heterocycles. The van der Waals surface area contributed by atoms with Crippen LogP contribution in [0.25, 0.3) is 0 Å². The number of ether oxygens (including phenoxy) is 2. The summed E-state index contributed by atoms with van der Waals surface area (Å²) in [6.07, 6.45) is 0. The van der Waals surface area contributed by atoms with Crippen molar-refractivity contribution in [1.82, 2.24) is 4.98 Å². The molecule has 0 bridgehead atoms. The second-order valence-corrected chi connectivity index (χ2v) is 4.20. The number of anilines is 2. The van der Waals surface area contributed by atoms with Crippen LogP contribution in [0.2, 0.25) is 0 Å². The van der Waals surface area contributed by atoms with Gasteiger partial charge in [0, 0.05) is 5.69 Å². The lowest BCUT2D eigenvalue weighted by Gasteiger charge is -2.00. The van der Waals surface area contributed by atoms with E-state index in [2.05, 4.69) is 10.3 Å². The number of rotatable bonds is 5. The van der Waals surface area contributed by atoms with Crippen molar-refractivity contribution in [2.24, 2.45) is 0 Å². The van der Waals surface area contributed by atoms with E-state index >= 15 is 0 Å². The minimum Gasteiger partial charge on any atom is -0.480 e. The Morgan fingerprint density at radius 1 is 1.29 bits per heavy atom. The summed E-state index contributed by atoms with van der Waals surface area (Å²) in [5.74, 6) is 0.523. The SMILES string of the molecule is CCOc1sc(Nc2ccccc2)nc1OC. The van der Waals surface area contributed by atoms with E-state index in [1.807, 2.05) is 37.3 Å². The highest BCUT2D eigenvalue weighted by Crippen LogP contribution is 2.37. The van der Waals surface area contributed by atoms with Crippen LogP contribution in [0.4, 0.5) is 10.8 Å². The minimum atomic E-state index is 0.523. The van der Waals surface area contributed by atoms with Gasteiger partial charge in [0.25, 0.3) is 5.88 Å². The number of hydrogen-bond donors (Lipinski definition) is 1. The first kappa shape index (κ1) is 11.7. The van der Waals surface area contributed by atoms with Gasteiger partial charge in [-0.05, 0) is 19.1 Å². The van der Waals surface area contributed by atoms with Crippen LogP contribution >= 0.6 is 11.3 Å². The lowest BCUT2D eigenvalue weighted by atomic mass is 10.3. The monoisotopic (exact) mass is 250 g/mol. The van der Waals surface area contributed by atoms with Gasteiger partial charge in [0.05, 0.1) is 13.7 Å². The van der Waals surface area contributed by atoms with Gasteiger partial charge in [-0.2, -0.15) is 4.98 Å². The molecule has 0 spiro atoms. The fraction of sp³-hybridized carbons (Fsp3) is 0.250. The second-order valence-electron chi connectivity index (χ2n) is 3.24. The number of thiazole rings is 1. The van der Waals surface area contributed by atoms with Gasteiger partial charge in [-0.15, -0.1) is 0 Å². The molecule has 0 aliphatic heterocycles. The third-order valence-electron chi connectivity index (χ3n) is 2.06. The first-order chi connectivity index (χ1) is 8.33. The number of nitrogens with zero attached hydrogens (tertiary/aromatic N) is 1. The summed E-state index contributed by atoms with van der Waals surface area (Å²) in [5, 5.41) is 4.67. The molecule has 0 aliphatic carbocycles. The van der Waals surface area contributed by atoms with Gasteiger partial charge in [0.1, 0.15) is 0 Å². The first-order valence-electron chi connectivity index (χ1n) is 5.33. The molecule has 0 saturated heterocycles. The molecule has 0 radical (unpaired) electrons. The highest BCUT2D eigenvalue weighted by Gasteiger charge is 2.12. The van der Waals surface area contributed by atoms with Gasteiger partial charge in [0.2, 0.25) is 5.06 Å². The topological polar surface area (TPSA) is 43.4 Å². The number of para-hydroxylation sites is 1. The zero-order chi connectivity index (χ0) is 12.1. The molecule has 0 fully saturated rings. The second kappa shape index (κ2) is 5.54. The van der Waals surface area contributed by atoms with Crippen molar-refractivity contribution in [3.63, 3.8) is 0 Å². The van der Waals surface area contributed by atoms with Crippen LogP contribution in [0, 0.1) is 0 Å². The van der Waals surface area contributed by atoms with Crippen molar-refractivity contribution in [1.29, 1.82) is 0 Å². The molecule has 5 heteroatoms. The highest BCUT2D eigenvalue weighted by molar-refractivity contribution is 7.17. The summed E-state index contributed by atoms with van der Waals surface area (Å²) in [6, 6.07) is 9.87. The number of nitrogens with one attached hydrogen (secondary N) is 1. The summed E-state index contributed by atoms with van der Waals surface area (Å²) in [4.78, 5) is 4.30. The Labute approximate surface area is 104 Å². The fourth-order valence-corrected chi connectivity index (χ4v) is 2.21. The van der Waals surface area contributed by atoms with Crippen molar-refractivity contribution in [2.45, 2.75) is 6.92 Å². The van der Waals surface area contributed by atoms with E-state index in [9.17, 15) is 0 Å². The quantitative estimate of drug-likeness (QED) is 0.884. The van der Waals surface area contributed by atoms with E-state index in [0.29, 0.717) is 17.6 Å². The molecule has 0 saturated carbocycles. The van der Waals surface area contributed by atoms with E-state index in [1.54, 1.807) is 7.11 Å². The Hall–Kier alpha value is -1.75. The molecule has 0 amide bonds. The molecular weight excluding hydrogens is 236 g/mol. The highest BCUT2D eigenvalue weighted by atomic mass is 32.1. The molecule has 2 aromatic rings. The zero-order valence-electron chi connectivity index (χ0n) is 9.77. The molecule has 0 aliphatic rings. The number of methoxy groups -OCH3 is 1. The zero-order valence-corrected chi connectivity index (χ0v) is 10.6. The summed E-state index contributed by atoms with van der Waals surface area (Å²) in [6.45, 7) is 2.53. The molecule has 1 aromatic heterocycles. The molecular formula is C12H14N2O2S. The Bertz CT molecular complexity index is 471. The van der Waals surface area contributed by atoms with Gasteiger partial charge < -0.3 is 14.8 Å². The number of hydrogen-bond acceptors (Lipinski definition) is 5. The molecule has 4 nitrogen and oxygen atoms in total. The Kier molecular flexibility index (Phi) is 3.82. The Morgan fingerprint density at radius 3 is 2.71 bits per heavy atom. The lowest BCUT2D eigenvalue weighted by molar-refractivity contribution is 0.315. The number of aromatic nitrogens is 1. The first-order valence-corrected chi connectivity index (χ1v) is 6.14. The Balaban J connectivity index is 2.16. The van der Waals surface area contributed by atoms with E-state index < -0.39 is 0 Å². The van der Waals surface area contributed by atoms with Crippen LogP contribution in [0.3, 0.4) is 0 Å². The molecule has 1 N–H and O–H groups in total. The largest absolute Gasteiger partial charge is 0.480 e. The van der Waals surface area contributed by atoms with Gasteiger partial charge >= 0.3 is 0 Å². The van der Waals surface area contributed by atoms with E-state index in [-0.39, 0.29) is 0 Å². The molecule has 90 valence electrons. The Morgan fingerprint density at radius 2 is 2.06 bits per heavy atom. The lowest BCUT2D eigenvalue weighted by Crippen LogP contribution is -1.92. The molecule has 0 atom stereocenters. The van der Waals surface area contributed by atoms with E-state index in [0.717, 1.165) is 10.8 Å². The molecule has 0 unspecified atom stereocenters. The third-order valence-corrected chi connectivity index (χ3v) is 2.93. The summed E-state index contributed by atoms with van der Waals surface area (Å²) >= 11 is 1.43. The summed E-state index contributed by atoms with van der Waals surface area (Å²) < 4.78 is 10.6. The number of benzene rings is 1. The maximum Gasteiger partial charge on any atom is 0.270 e. The van der Waals surface area contributed by atoms with Crippen molar-refractivity contribution >= 4 is 22.2 Å². The van der Waals surface area contributed by atoms with Crippen LogP contribution in [0.1, 0.15) is 6.92 Å². The smallest absolute Gasteiger partial charge is 0.270 e. The maximum atomic E-state index is 5.44. The predicted octanol–water partition coefficient (Wildman–Crippen LogP) is 3.29. The summed E-state index contributed by atoms with van der Waals surface area (Å²) in [5.41, 5.74) is 0.993. The third kappa shape index (κ3) is 2.88. The molecule has 2 rings (SSSR count). The van der Waals surface area contributed by atoms with Crippen molar-refractivity contribution < 1.29 is 9.47 Å². The van der Waals surface area contributed by atoms with Crippen LogP contribution in [0.5, 0.6) is 10.9 Å².